The van der Waals surface area contributed by atoms with Crippen LogP contribution in [0.2, 0.25) is 0 Å². The number of aromatic nitrogens is 2. The summed E-state index contributed by atoms with van der Waals surface area (Å²) in [5.74, 6) is 0. The maximum Gasteiger partial charge on any atom is 0.329 e. The van der Waals surface area contributed by atoms with E-state index in [1.807, 2.05) is 31.2 Å². The molecule has 0 saturated carbocycles. The van der Waals surface area contributed by atoms with E-state index in [1.54, 1.807) is 0 Å². The molecule has 5 nitrogen and oxygen atoms in total. The lowest BCUT2D eigenvalue weighted by atomic mass is 10.3. The summed E-state index contributed by atoms with van der Waals surface area (Å²) in [6, 6.07) is 7.70. The SMILES string of the molecule is CCCn1c(=O)[nH]c2c(c1=O)Nc1ccccc1S2. The molecular weight excluding hydrogens is 262 g/mol. The predicted octanol–water partition coefficient (Wildman–Crippen LogP) is 2.15. The first-order chi connectivity index (χ1) is 9.20. The van der Waals surface area contributed by atoms with Crippen LogP contribution in [0, 0.1) is 0 Å². The molecule has 1 aromatic carbocycles. The van der Waals surface area contributed by atoms with Crippen molar-refractivity contribution in [3.63, 3.8) is 0 Å². The van der Waals surface area contributed by atoms with E-state index in [0.717, 1.165) is 17.0 Å². The van der Waals surface area contributed by atoms with Gasteiger partial charge in [0.15, 0.2) is 0 Å². The molecule has 2 aromatic rings. The van der Waals surface area contributed by atoms with Crippen molar-refractivity contribution in [3.05, 3.63) is 45.1 Å². The van der Waals surface area contributed by atoms with Gasteiger partial charge in [-0.2, -0.15) is 0 Å². The minimum atomic E-state index is -0.348. The molecule has 0 aliphatic carbocycles. The van der Waals surface area contributed by atoms with Crippen molar-refractivity contribution >= 4 is 23.1 Å². The molecule has 2 N–H and O–H groups in total. The zero-order valence-electron chi connectivity index (χ0n) is 10.4. The fourth-order valence-electron chi connectivity index (χ4n) is 2.07. The first-order valence-electron chi connectivity index (χ1n) is 6.11. The molecule has 1 aromatic heterocycles. The largest absolute Gasteiger partial charge is 0.348 e. The molecule has 0 unspecified atom stereocenters. The van der Waals surface area contributed by atoms with Crippen LogP contribution >= 0.6 is 11.8 Å². The number of H-pyrrole nitrogens is 1. The second-order valence-corrected chi connectivity index (χ2v) is 5.37. The van der Waals surface area contributed by atoms with Crippen LogP contribution in [0.4, 0.5) is 11.4 Å². The molecule has 0 atom stereocenters. The Morgan fingerprint density at radius 1 is 1.26 bits per heavy atom. The lowest BCUT2D eigenvalue weighted by molar-refractivity contribution is 0.607. The highest BCUT2D eigenvalue weighted by molar-refractivity contribution is 7.99. The molecule has 1 aliphatic rings. The number of anilines is 2. The average molecular weight is 275 g/mol. The van der Waals surface area contributed by atoms with Gasteiger partial charge in [0.2, 0.25) is 0 Å². The number of benzene rings is 1. The molecule has 19 heavy (non-hydrogen) atoms. The van der Waals surface area contributed by atoms with Gasteiger partial charge in [-0.25, -0.2) is 4.79 Å². The summed E-state index contributed by atoms with van der Waals surface area (Å²) in [4.78, 5) is 28.0. The predicted molar refractivity (Wildman–Crippen MR) is 75.5 cm³/mol. The molecule has 0 fully saturated rings. The number of hydrogen-bond donors (Lipinski definition) is 2. The van der Waals surface area contributed by atoms with Gasteiger partial charge < -0.3 is 5.32 Å². The first-order valence-corrected chi connectivity index (χ1v) is 6.93. The van der Waals surface area contributed by atoms with Crippen LogP contribution in [0.1, 0.15) is 13.3 Å². The van der Waals surface area contributed by atoms with E-state index >= 15 is 0 Å². The molecule has 1 aliphatic heterocycles. The summed E-state index contributed by atoms with van der Waals surface area (Å²) in [5.41, 5.74) is 0.742. The van der Waals surface area contributed by atoms with Gasteiger partial charge in [0.1, 0.15) is 10.7 Å². The van der Waals surface area contributed by atoms with Gasteiger partial charge >= 0.3 is 5.69 Å². The van der Waals surface area contributed by atoms with Gasteiger partial charge in [0, 0.05) is 11.4 Å². The van der Waals surface area contributed by atoms with E-state index in [0.29, 0.717) is 17.3 Å². The van der Waals surface area contributed by atoms with Crippen LogP contribution < -0.4 is 16.6 Å². The minimum Gasteiger partial charge on any atom is -0.348 e. The lowest BCUT2D eigenvalue weighted by Gasteiger charge is -2.20. The molecule has 0 radical (unpaired) electrons. The molecule has 0 amide bonds. The Morgan fingerprint density at radius 2 is 2.05 bits per heavy atom. The third-order valence-corrected chi connectivity index (χ3v) is 4.04. The Balaban J connectivity index is 2.17. The van der Waals surface area contributed by atoms with Gasteiger partial charge in [0.05, 0.1) is 5.69 Å². The van der Waals surface area contributed by atoms with E-state index in [9.17, 15) is 9.59 Å². The van der Waals surface area contributed by atoms with Gasteiger partial charge in [-0.3, -0.25) is 14.3 Å². The summed E-state index contributed by atoms with van der Waals surface area (Å²) < 4.78 is 1.24. The fraction of sp³-hybridized carbons (Fsp3) is 0.231. The van der Waals surface area contributed by atoms with Crippen molar-refractivity contribution < 1.29 is 0 Å². The number of aromatic amines is 1. The number of nitrogens with one attached hydrogen (secondary N) is 2. The fourth-order valence-corrected chi connectivity index (χ4v) is 3.04. The maximum absolute atomic E-state index is 12.3. The third-order valence-electron chi connectivity index (χ3n) is 2.96. The van der Waals surface area contributed by atoms with E-state index < -0.39 is 0 Å². The standard InChI is InChI=1S/C13H13N3O2S/c1-2-7-16-12(17)10-11(15-13(16)18)19-9-6-4-3-5-8(9)14-10/h3-6,14H,2,7H2,1H3,(H,15,18). The third kappa shape index (κ3) is 1.98. The van der Waals surface area contributed by atoms with E-state index in [-0.39, 0.29) is 11.2 Å². The molecule has 98 valence electrons. The van der Waals surface area contributed by atoms with E-state index in [4.69, 9.17) is 0 Å². The summed E-state index contributed by atoms with van der Waals surface area (Å²) in [7, 11) is 0. The van der Waals surface area contributed by atoms with Crippen molar-refractivity contribution in [2.75, 3.05) is 5.32 Å². The highest BCUT2D eigenvalue weighted by atomic mass is 32.2. The Morgan fingerprint density at radius 3 is 2.84 bits per heavy atom. The first kappa shape index (κ1) is 12.1. The molecule has 3 rings (SSSR count). The number of fused-ring (bicyclic) bond motifs is 2. The highest BCUT2D eigenvalue weighted by Gasteiger charge is 2.21. The maximum atomic E-state index is 12.3. The van der Waals surface area contributed by atoms with Crippen LogP contribution in [0.3, 0.4) is 0 Å². The van der Waals surface area contributed by atoms with Gasteiger partial charge in [-0.1, -0.05) is 30.8 Å². The van der Waals surface area contributed by atoms with Crippen molar-refractivity contribution in [3.8, 4) is 0 Å². The number of para-hydroxylation sites is 1. The smallest absolute Gasteiger partial charge is 0.329 e. The molecule has 0 saturated heterocycles. The highest BCUT2D eigenvalue weighted by Crippen LogP contribution is 2.40. The Labute approximate surface area is 113 Å². The molecular formula is C13H13N3O2S. The summed E-state index contributed by atoms with van der Waals surface area (Å²) in [6.07, 6.45) is 0.742. The lowest BCUT2D eigenvalue weighted by Crippen LogP contribution is -2.37. The number of nitrogens with zero attached hydrogens (tertiary/aromatic N) is 1. The quantitative estimate of drug-likeness (QED) is 0.703. The van der Waals surface area contributed by atoms with Gasteiger partial charge in [-0.15, -0.1) is 0 Å². The van der Waals surface area contributed by atoms with Crippen LogP contribution in [-0.2, 0) is 6.54 Å². The monoisotopic (exact) mass is 275 g/mol. The van der Waals surface area contributed by atoms with Gasteiger partial charge in [0.25, 0.3) is 5.56 Å². The summed E-state index contributed by atoms with van der Waals surface area (Å²) in [5, 5.41) is 3.69. The molecule has 0 bridgehead atoms. The average Bonchev–Trinajstić information content (AvgIpc) is 2.42. The van der Waals surface area contributed by atoms with Crippen LogP contribution in [0.25, 0.3) is 0 Å². The van der Waals surface area contributed by atoms with Crippen LogP contribution in [-0.4, -0.2) is 9.55 Å². The van der Waals surface area contributed by atoms with Crippen molar-refractivity contribution in [2.24, 2.45) is 0 Å². The Hall–Kier alpha value is -1.95. The van der Waals surface area contributed by atoms with Crippen molar-refractivity contribution in [2.45, 2.75) is 29.8 Å². The summed E-state index contributed by atoms with van der Waals surface area (Å²) in [6.45, 7) is 2.36. The van der Waals surface area contributed by atoms with Crippen molar-refractivity contribution in [1.29, 1.82) is 0 Å². The normalized spacial score (nSPS) is 12.5. The minimum absolute atomic E-state index is 0.261. The summed E-state index contributed by atoms with van der Waals surface area (Å²) >= 11 is 1.41. The number of hydrogen-bond acceptors (Lipinski definition) is 4. The molecule has 6 heteroatoms. The van der Waals surface area contributed by atoms with E-state index in [2.05, 4.69) is 10.3 Å². The Kier molecular flexibility index (Phi) is 2.94. The topological polar surface area (TPSA) is 66.9 Å². The van der Waals surface area contributed by atoms with Crippen LogP contribution in [0.5, 0.6) is 0 Å². The number of rotatable bonds is 2. The molecule has 2 heterocycles. The second-order valence-electron chi connectivity index (χ2n) is 4.31. The van der Waals surface area contributed by atoms with Crippen LogP contribution in [0.15, 0.2) is 43.8 Å². The molecule has 0 spiro atoms. The zero-order valence-corrected chi connectivity index (χ0v) is 11.2. The van der Waals surface area contributed by atoms with Gasteiger partial charge in [-0.05, 0) is 18.6 Å². The second kappa shape index (κ2) is 4.62. The van der Waals surface area contributed by atoms with Crippen molar-refractivity contribution in [1.82, 2.24) is 9.55 Å². The Bertz CT molecular complexity index is 748. The zero-order chi connectivity index (χ0) is 13.4. The van der Waals surface area contributed by atoms with E-state index in [1.165, 1.54) is 16.3 Å².